The van der Waals surface area contributed by atoms with Crippen LogP contribution in [-0.2, 0) is 6.54 Å². The summed E-state index contributed by atoms with van der Waals surface area (Å²) in [4.78, 5) is 4.91. The molecule has 4 aromatic rings. The predicted molar refractivity (Wildman–Crippen MR) is 146 cm³/mol. The van der Waals surface area contributed by atoms with Crippen molar-refractivity contribution in [2.75, 3.05) is 31.1 Å². The Morgan fingerprint density at radius 3 is 2.34 bits per heavy atom. The molecule has 0 unspecified atom stereocenters. The van der Waals surface area contributed by atoms with Gasteiger partial charge in [0.25, 0.3) is 0 Å². The second-order valence-electron chi connectivity index (χ2n) is 9.42. The van der Waals surface area contributed by atoms with Crippen molar-refractivity contribution in [3.8, 4) is 11.3 Å². The second kappa shape index (κ2) is 11.5. The van der Waals surface area contributed by atoms with Crippen molar-refractivity contribution in [1.82, 2.24) is 10.1 Å². The topological polar surface area (TPSA) is 32.5 Å². The summed E-state index contributed by atoms with van der Waals surface area (Å²) >= 11 is 12.4. The van der Waals surface area contributed by atoms with Gasteiger partial charge >= 0.3 is 0 Å². The van der Waals surface area contributed by atoms with Crippen LogP contribution in [0.4, 0.5) is 5.88 Å². The van der Waals surface area contributed by atoms with E-state index in [0.29, 0.717) is 10.0 Å². The van der Waals surface area contributed by atoms with E-state index in [2.05, 4.69) is 57.4 Å². The highest BCUT2D eigenvalue weighted by molar-refractivity contribution is 6.35. The van der Waals surface area contributed by atoms with E-state index in [9.17, 15) is 0 Å². The predicted octanol–water partition coefficient (Wildman–Crippen LogP) is 8.07. The smallest absolute Gasteiger partial charge is 0.228 e. The monoisotopic (exact) mass is 507 g/mol. The molecular weight excluding hydrogens is 477 g/mol. The number of hydrogen-bond donors (Lipinski definition) is 0. The van der Waals surface area contributed by atoms with Crippen molar-refractivity contribution in [1.29, 1.82) is 0 Å². The van der Waals surface area contributed by atoms with Crippen LogP contribution in [0.2, 0.25) is 10.0 Å². The summed E-state index contributed by atoms with van der Waals surface area (Å²) in [6, 6.07) is 22.6. The van der Waals surface area contributed by atoms with Crippen LogP contribution in [0.25, 0.3) is 22.0 Å². The summed E-state index contributed by atoms with van der Waals surface area (Å²) in [5.41, 5.74) is 2.84. The highest BCUT2D eigenvalue weighted by atomic mass is 35.5. The lowest BCUT2D eigenvalue weighted by molar-refractivity contribution is 0.281. The van der Waals surface area contributed by atoms with Gasteiger partial charge in [-0.3, -0.25) is 0 Å². The van der Waals surface area contributed by atoms with Gasteiger partial charge in [0.15, 0.2) is 0 Å². The minimum atomic E-state index is 0.586. The molecule has 0 N–H and O–H groups in total. The molecule has 6 heteroatoms. The first-order chi connectivity index (χ1) is 17.1. The number of hydrogen-bond acceptors (Lipinski definition) is 4. The van der Waals surface area contributed by atoms with Gasteiger partial charge in [0, 0.05) is 34.8 Å². The summed E-state index contributed by atoms with van der Waals surface area (Å²) in [6.07, 6.45) is 6.42. The molecule has 1 aliphatic heterocycles. The number of nitrogens with zero attached hydrogens (tertiary/aromatic N) is 3. The van der Waals surface area contributed by atoms with Gasteiger partial charge in [-0.05, 0) is 79.5 Å². The van der Waals surface area contributed by atoms with E-state index in [1.165, 1.54) is 55.1 Å². The van der Waals surface area contributed by atoms with Gasteiger partial charge in [-0.25, -0.2) is 0 Å². The van der Waals surface area contributed by atoms with Crippen molar-refractivity contribution in [2.24, 2.45) is 0 Å². The molecule has 0 atom stereocenters. The molecule has 0 spiro atoms. The highest BCUT2D eigenvalue weighted by Gasteiger charge is 2.17. The fourth-order valence-electron chi connectivity index (χ4n) is 4.92. The fourth-order valence-corrected chi connectivity index (χ4v) is 5.45. The SMILES string of the molecule is Clc1cc(Cl)cc(-c2cc(N(CCCN3CCCCCC3)Cc3ccc4ccccc4c3)on2)c1. The molecule has 0 radical (unpaired) electrons. The molecule has 0 bridgehead atoms. The van der Waals surface area contributed by atoms with Gasteiger partial charge in [0.2, 0.25) is 5.88 Å². The van der Waals surface area contributed by atoms with E-state index in [-0.39, 0.29) is 0 Å². The van der Waals surface area contributed by atoms with Gasteiger partial charge in [-0.2, -0.15) is 0 Å². The molecule has 0 saturated carbocycles. The van der Waals surface area contributed by atoms with Crippen molar-refractivity contribution < 1.29 is 4.52 Å². The third-order valence-electron chi connectivity index (χ3n) is 6.76. The van der Waals surface area contributed by atoms with E-state index >= 15 is 0 Å². The molecule has 1 aliphatic rings. The molecule has 182 valence electrons. The summed E-state index contributed by atoms with van der Waals surface area (Å²) in [5, 5.41) is 8.02. The van der Waals surface area contributed by atoms with Crippen LogP contribution < -0.4 is 4.90 Å². The lowest BCUT2D eigenvalue weighted by Gasteiger charge is -2.24. The molecule has 2 heterocycles. The maximum atomic E-state index is 6.22. The third-order valence-corrected chi connectivity index (χ3v) is 7.19. The maximum Gasteiger partial charge on any atom is 0.228 e. The summed E-state index contributed by atoms with van der Waals surface area (Å²) in [6.45, 7) is 5.20. The summed E-state index contributed by atoms with van der Waals surface area (Å²) < 4.78 is 5.86. The number of fused-ring (bicyclic) bond motifs is 1. The Balaban J connectivity index is 1.36. The Kier molecular flexibility index (Phi) is 7.92. The van der Waals surface area contributed by atoms with Gasteiger partial charge < -0.3 is 14.3 Å². The van der Waals surface area contributed by atoms with E-state index in [0.717, 1.165) is 43.2 Å². The zero-order chi connectivity index (χ0) is 24.0. The molecule has 3 aromatic carbocycles. The minimum Gasteiger partial charge on any atom is -0.338 e. The summed E-state index contributed by atoms with van der Waals surface area (Å²) in [5.74, 6) is 0.764. The average Bonchev–Trinajstić information content (AvgIpc) is 3.20. The van der Waals surface area contributed by atoms with Crippen LogP contribution in [0.5, 0.6) is 0 Å². The maximum absolute atomic E-state index is 6.22. The van der Waals surface area contributed by atoms with Crippen molar-refractivity contribution in [3.63, 3.8) is 0 Å². The molecule has 35 heavy (non-hydrogen) atoms. The van der Waals surface area contributed by atoms with Gasteiger partial charge in [0.1, 0.15) is 5.69 Å². The molecule has 1 saturated heterocycles. The number of benzene rings is 3. The zero-order valence-corrected chi connectivity index (χ0v) is 21.4. The first-order valence-electron chi connectivity index (χ1n) is 12.5. The van der Waals surface area contributed by atoms with Crippen LogP contribution in [-0.4, -0.2) is 36.2 Å². The molecule has 1 aromatic heterocycles. The van der Waals surface area contributed by atoms with Crippen LogP contribution in [0.3, 0.4) is 0 Å². The van der Waals surface area contributed by atoms with E-state index in [4.69, 9.17) is 27.7 Å². The zero-order valence-electron chi connectivity index (χ0n) is 19.9. The first kappa shape index (κ1) is 24.2. The van der Waals surface area contributed by atoms with Crippen LogP contribution >= 0.6 is 23.2 Å². The Hall–Kier alpha value is -2.53. The van der Waals surface area contributed by atoms with E-state index < -0.39 is 0 Å². The van der Waals surface area contributed by atoms with Crippen molar-refractivity contribution in [3.05, 3.63) is 82.3 Å². The van der Waals surface area contributed by atoms with Crippen LogP contribution in [0.15, 0.2) is 71.3 Å². The molecular formula is C29H31Cl2N3O. The van der Waals surface area contributed by atoms with Gasteiger partial charge in [-0.15, -0.1) is 0 Å². The van der Waals surface area contributed by atoms with Gasteiger partial charge in [0.05, 0.1) is 0 Å². The number of rotatable bonds is 8. The number of anilines is 1. The number of halogens is 2. The van der Waals surface area contributed by atoms with Crippen molar-refractivity contribution >= 4 is 39.9 Å². The Morgan fingerprint density at radius 1 is 0.829 bits per heavy atom. The minimum absolute atomic E-state index is 0.586. The molecule has 4 nitrogen and oxygen atoms in total. The van der Waals surface area contributed by atoms with Crippen LogP contribution in [0.1, 0.15) is 37.7 Å². The number of likely N-dealkylation sites (tertiary alicyclic amines) is 1. The molecule has 5 rings (SSSR count). The van der Waals surface area contributed by atoms with Crippen LogP contribution in [0, 0.1) is 0 Å². The largest absolute Gasteiger partial charge is 0.338 e. The lowest BCUT2D eigenvalue weighted by Crippen LogP contribution is -2.30. The standard InChI is InChI=1S/C29H31Cl2N3O/c30-26-17-25(18-27(31)19-26)28-20-29(35-32-28)34(15-7-14-33-12-5-1-2-6-13-33)21-22-10-11-23-8-3-4-9-24(23)16-22/h3-4,8-11,16-20H,1-2,5-7,12-15,21H2. The quantitative estimate of drug-likeness (QED) is 0.241. The van der Waals surface area contributed by atoms with E-state index in [1.54, 1.807) is 6.07 Å². The van der Waals surface area contributed by atoms with Crippen molar-refractivity contribution in [2.45, 2.75) is 38.6 Å². The van der Waals surface area contributed by atoms with E-state index in [1.807, 2.05) is 18.2 Å². The first-order valence-corrected chi connectivity index (χ1v) is 13.3. The molecule has 0 aliphatic carbocycles. The highest BCUT2D eigenvalue weighted by Crippen LogP contribution is 2.30. The average molecular weight is 508 g/mol. The van der Waals surface area contributed by atoms with Gasteiger partial charge in [-0.1, -0.05) is 77.6 Å². The second-order valence-corrected chi connectivity index (χ2v) is 10.3. The Bertz CT molecular complexity index is 1240. The lowest BCUT2D eigenvalue weighted by atomic mass is 10.1. The Morgan fingerprint density at radius 2 is 1.57 bits per heavy atom. The fraction of sp³-hybridized carbons (Fsp3) is 0.345. The molecule has 0 amide bonds. The normalized spacial score (nSPS) is 14.8. The Labute approximate surface area is 217 Å². The number of aromatic nitrogens is 1. The third kappa shape index (κ3) is 6.38. The summed E-state index contributed by atoms with van der Waals surface area (Å²) in [7, 11) is 0. The molecule has 1 fully saturated rings.